The first-order valence-corrected chi connectivity index (χ1v) is 25.3. The van der Waals surface area contributed by atoms with E-state index in [0.29, 0.717) is 0 Å². The molecule has 342 valence electrons. The second kappa shape index (κ2) is 15.9. The van der Waals surface area contributed by atoms with Crippen LogP contribution in [0, 0.1) is 0 Å². The van der Waals surface area contributed by atoms with Gasteiger partial charge in [-0.3, -0.25) is 0 Å². The summed E-state index contributed by atoms with van der Waals surface area (Å²) in [6.45, 7) is 9.55. The molecule has 0 saturated heterocycles. The molecule has 72 heavy (non-hydrogen) atoms. The molecule has 12 aromatic rings. The topological polar surface area (TPSA) is 6.48 Å². The van der Waals surface area contributed by atoms with E-state index in [0.717, 1.165) is 11.4 Å². The predicted octanol–water partition coefficient (Wildman–Crippen LogP) is 19.5. The molecule has 2 heterocycles. The van der Waals surface area contributed by atoms with E-state index >= 15 is 0 Å². The van der Waals surface area contributed by atoms with Gasteiger partial charge >= 0.3 is 0 Å². The van der Waals surface area contributed by atoms with E-state index in [-0.39, 0.29) is 10.8 Å². The third-order valence-electron chi connectivity index (χ3n) is 16.2. The van der Waals surface area contributed by atoms with Crippen molar-refractivity contribution in [3.63, 3.8) is 0 Å². The van der Waals surface area contributed by atoms with Crippen molar-refractivity contribution in [3.8, 4) is 33.4 Å². The lowest BCUT2D eigenvalue weighted by atomic mass is 9.71. The number of nitrogens with zero attached hydrogens (tertiary/aromatic N) is 2. The van der Waals surface area contributed by atoms with Crippen LogP contribution >= 0.6 is 0 Å². The van der Waals surface area contributed by atoms with Crippen LogP contribution in [0.3, 0.4) is 0 Å². The Bertz CT molecular complexity index is 3890. The SMILES string of the molecule is CC1(C)c2ccccc2N(c2ccc(-c3cc4ccccc4c4ccccc34)cc2)c2ccc(-c3ccc4c(c3)C(C)(C)c3ccccc3N4c3ccc(-c4cc5ccccc5c5ccccc45)cc3)cc21. The van der Waals surface area contributed by atoms with Crippen molar-refractivity contribution in [2.75, 3.05) is 9.80 Å². The van der Waals surface area contributed by atoms with Crippen LogP contribution < -0.4 is 9.80 Å². The molecule has 2 heteroatoms. The summed E-state index contributed by atoms with van der Waals surface area (Å²) >= 11 is 0. The van der Waals surface area contributed by atoms with E-state index < -0.39 is 0 Å². The van der Waals surface area contributed by atoms with Crippen molar-refractivity contribution in [2.24, 2.45) is 0 Å². The molecule has 0 saturated carbocycles. The predicted molar refractivity (Wildman–Crippen MR) is 306 cm³/mol. The van der Waals surface area contributed by atoms with Gasteiger partial charge in [0.1, 0.15) is 0 Å². The van der Waals surface area contributed by atoms with E-state index in [1.807, 2.05) is 0 Å². The lowest BCUT2D eigenvalue weighted by Crippen LogP contribution is -2.31. The van der Waals surface area contributed by atoms with Gasteiger partial charge in [0, 0.05) is 22.2 Å². The van der Waals surface area contributed by atoms with Gasteiger partial charge in [0.15, 0.2) is 0 Å². The summed E-state index contributed by atoms with van der Waals surface area (Å²) in [7, 11) is 0. The zero-order chi connectivity index (χ0) is 48.3. The zero-order valence-corrected chi connectivity index (χ0v) is 41.0. The molecule has 0 bridgehead atoms. The van der Waals surface area contributed by atoms with Gasteiger partial charge in [0.2, 0.25) is 0 Å². The van der Waals surface area contributed by atoms with E-state index in [9.17, 15) is 0 Å². The minimum Gasteiger partial charge on any atom is -0.310 e. The summed E-state index contributed by atoms with van der Waals surface area (Å²) in [5.41, 5.74) is 19.3. The lowest BCUT2D eigenvalue weighted by molar-refractivity contribution is 0.631. The van der Waals surface area contributed by atoms with Crippen molar-refractivity contribution >= 4 is 77.2 Å². The smallest absolute Gasteiger partial charge is 0.0503 e. The maximum Gasteiger partial charge on any atom is 0.0503 e. The summed E-state index contributed by atoms with van der Waals surface area (Å²) in [4.78, 5) is 4.95. The zero-order valence-electron chi connectivity index (χ0n) is 41.0. The summed E-state index contributed by atoms with van der Waals surface area (Å²) in [6.07, 6.45) is 0. The van der Waals surface area contributed by atoms with E-state index in [1.54, 1.807) is 0 Å². The average molecular weight is 921 g/mol. The van der Waals surface area contributed by atoms with E-state index in [2.05, 4.69) is 280 Å². The third-order valence-corrected chi connectivity index (χ3v) is 16.2. The Morgan fingerprint density at radius 1 is 0.250 bits per heavy atom. The lowest BCUT2D eigenvalue weighted by Gasteiger charge is -2.43. The highest BCUT2D eigenvalue weighted by Gasteiger charge is 2.39. The van der Waals surface area contributed by atoms with Gasteiger partial charge < -0.3 is 9.80 Å². The summed E-state index contributed by atoms with van der Waals surface area (Å²) in [6, 6.07) is 90.5. The summed E-state index contributed by atoms with van der Waals surface area (Å²) in [5.74, 6) is 0. The van der Waals surface area contributed by atoms with Crippen molar-refractivity contribution in [1.29, 1.82) is 0 Å². The van der Waals surface area contributed by atoms with Crippen LogP contribution in [-0.2, 0) is 10.8 Å². The van der Waals surface area contributed by atoms with Gasteiger partial charge in [0.25, 0.3) is 0 Å². The maximum atomic E-state index is 2.47. The molecule has 2 aliphatic heterocycles. The maximum absolute atomic E-state index is 2.47. The second-order valence-corrected chi connectivity index (χ2v) is 20.9. The molecule has 0 spiro atoms. The van der Waals surface area contributed by atoms with Crippen molar-refractivity contribution in [3.05, 3.63) is 265 Å². The molecular weight excluding hydrogens is 869 g/mol. The van der Waals surface area contributed by atoms with Crippen molar-refractivity contribution < 1.29 is 0 Å². The first kappa shape index (κ1) is 42.2. The Hall–Kier alpha value is -8.72. The van der Waals surface area contributed by atoms with Crippen LogP contribution in [0.2, 0.25) is 0 Å². The Labute approximate surface area is 421 Å². The molecule has 0 unspecified atom stereocenters. The number of benzene rings is 12. The summed E-state index contributed by atoms with van der Waals surface area (Å²) in [5, 5.41) is 10.2. The van der Waals surface area contributed by atoms with Gasteiger partial charge in [-0.1, -0.05) is 198 Å². The summed E-state index contributed by atoms with van der Waals surface area (Å²) < 4.78 is 0. The second-order valence-electron chi connectivity index (χ2n) is 20.9. The van der Waals surface area contributed by atoms with Crippen molar-refractivity contribution in [1.82, 2.24) is 0 Å². The fourth-order valence-electron chi connectivity index (χ4n) is 12.5. The molecular formula is C70H52N2. The highest BCUT2D eigenvalue weighted by molar-refractivity contribution is 6.15. The third kappa shape index (κ3) is 6.35. The number of para-hydroxylation sites is 2. The van der Waals surface area contributed by atoms with Gasteiger partial charge in [-0.15, -0.1) is 0 Å². The van der Waals surface area contributed by atoms with Gasteiger partial charge in [-0.2, -0.15) is 0 Å². The molecule has 0 amide bonds. The van der Waals surface area contributed by atoms with Crippen LogP contribution in [0.5, 0.6) is 0 Å². The average Bonchev–Trinajstić information content (AvgIpc) is 3.43. The van der Waals surface area contributed by atoms with E-state index in [1.165, 1.54) is 121 Å². The highest BCUT2D eigenvalue weighted by Crippen LogP contribution is 2.55. The van der Waals surface area contributed by atoms with E-state index in [4.69, 9.17) is 0 Å². The molecule has 14 rings (SSSR count). The fourth-order valence-corrected chi connectivity index (χ4v) is 12.5. The first-order chi connectivity index (χ1) is 35.2. The minimum atomic E-state index is -0.239. The Balaban J connectivity index is 0.851. The van der Waals surface area contributed by atoms with Crippen LogP contribution in [0.25, 0.3) is 76.5 Å². The molecule has 0 radical (unpaired) electrons. The van der Waals surface area contributed by atoms with Gasteiger partial charge in [0.05, 0.1) is 22.7 Å². The quantitative estimate of drug-likeness (QED) is 0.159. The molecule has 0 fully saturated rings. The number of anilines is 6. The van der Waals surface area contributed by atoms with Crippen LogP contribution in [0.15, 0.2) is 243 Å². The number of rotatable bonds is 5. The first-order valence-electron chi connectivity index (χ1n) is 25.3. The molecule has 0 aromatic heterocycles. The van der Waals surface area contributed by atoms with Gasteiger partial charge in [-0.25, -0.2) is 0 Å². The Kier molecular flexibility index (Phi) is 9.32. The Morgan fingerprint density at radius 2 is 0.569 bits per heavy atom. The molecule has 2 nitrogen and oxygen atoms in total. The minimum absolute atomic E-state index is 0.239. The number of fused-ring (bicyclic) bond motifs is 10. The van der Waals surface area contributed by atoms with Crippen LogP contribution in [0.4, 0.5) is 34.1 Å². The number of hydrogen-bond donors (Lipinski definition) is 0. The molecule has 0 atom stereocenters. The molecule has 12 aromatic carbocycles. The Morgan fingerprint density at radius 3 is 0.986 bits per heavy atom. The standard InChI is InChI=1S/C70H52N2/c1-69(2)61-25-13-15-27-65(61)71(51-35-29-45(30-36-51)59-41-49-17-5-7-19-53(49)55-21-9-11-23-57(55)59)67-39-33-47(43-63(67)69)48-34-40-68-64(44-48)70(3,4)62-26-14-16-28-66(62)72(68)52-37-31-46(32-38-52)60-42-50-18-6-8-20-54(50)56-22-10-12-24-58(56)60/h5-44H,1-4H3. The normalized spacial score (nSPS) is 14.3. The fraction of sp³-hybridized carbons (Fsp3) is 0.0857. The van der Waals surface area contributed by atoms with Crippen LogP contribution in [0.1, 0.15) is 49.9 Å². The number of hydrogen-bond acceptors (Lipinski definition) is 2. The van der Waals surface area contributed by atoms with Crippen LogP contribution in [-0.4, -0.2) is 0 Å². The monoisotopic (exact) mass is 920 g/mol. The largest absolute Gasteiger partial charge is 0.310 e. The molecule has 2 aliphatic rings. The molecule has 0 aliphatic carbocycles. The highest BCUT2D eigenvalue weighted by atomic mass is 15.2. The van der Waals surface area contributed by atoms with Gasteiger partial charge in [-0.05, 0) is 172 Å². The van der Waals surface area contributed by atoms with Crippen molar-refractivity contribution in [2.45, 2.75) is 38.5 Å². The molecule has 0 N–H and O–H groups in total.